The van der Waals surface area contributed by atoms with Gasteiger partial charge in [-0.1, -0.05) is 44.9 Å². The molecule has 5 N–H and O–H groups in total. The summed E-state index contributed by atoms with van der Waals surface area (Å²) in [6.07, 6.45) is 2.68. The highest BCUT2D eigenvalue weighted by atomic mass is 16.2. The normalized spacial score (nSPS) is 11.4. The van der Waals surface area contributed by atoms with Gasteiger partial charge in [-0.05, 0) is 36.6 Å². The Balaban J connectivity index is 2.15. The molecular weight excluding hydrogens is 478 g/mol. The molecule has 1 atom stereocenters. The van der Waals surface area contributed by atoms with Gasteiger partial charge in [0, 0.05) is 24.7 Å². The number of primary amides is 1. The number of amides is 4. The molecule has 0 fully saturated rings. The quantitative estimate of drug-likeness (QED) is 0.275. The van der Waals surface area contributed by atoms with Crippen LogP contribution in [0.1, 0.15) is 49.9 Å². The maximum Gasteiger partial charge on any atom is 0.284 e. The van der Waals surface area contributed by atoms with Crippen LogP contribution in [-0.4, -0.2) is 46.6 Å². The molecule has 4 amide bonds. The van der Waals surface area contributed by atoms with Gasteiger partial charge in [-0.3, -0.25) is 28.8 Å². The Bertz CT molecular complexity index is 1170. The molecule has 0 aliphatic heterocycles. The molecular formula is C26H33N5O6. The fourth-order valence-electron chi connectivity index (χ4n) is 3.52. The second-order valence-corrected chi connectivity index (χ2v) is 8.55. The molecule has 1 aromatic carbocycles. The number of hydrogen-bond donors (Lipinski definition) is 4. The molecule has 2 aromatic rings. The van der Waals surface area contributed by atoms with Gasteiger partial charge in [-0.15, -0.1) is 0 Å². The standard InChI is InChI=1S/C26H33N5O6/c1-3-17(4-2)15-28-22(33)16-31-14-8-11-20(26(31)37)30-25(36)19(12-13-21(32)23(27)34)29-24(35)18-9-6-5-7-10-18/h5-11,14,17,19H,3-4,12-13,15-16H2,1-2H3,(H2,27,34)(H,28,33)(H,29,35)(H,30,36)/t19-/m0/s1. The van der Waals surface area contributed by atoms with Crippen LogP contribution < -0.4 is 27.2 Å². The summed E-state index contributed by atoms with van der Waals surface area (Å²) in [5, 5.41) is 7.79. The molecule has 1 aromatic heterocycles. The molecule has 11 nitrogen and oxygen atoms in total. The van der Waals surface area contributed by atoms with Crippen molar-refractivity contribution in [3.8, 4) is 0 Å². The van der Waals surface area contributed by atoms with E-state index in [1.165, 1.54) is 18.3 Å². The number of nitrogens with one attached hydrogen (secondary N) is 3. The fourth-order valence-corrected chi connectivity index (χ4v) is 3.52. The van der Waals surface area contributed by atoms with Crippen molar-refractivity contribution in [2.45, 2.75) is 52.1 Å². The van der Waals surface area contributed by atoms with Crippen LogP contribution in [0, 0.1) is 5.92 Å². The molecule has 0 saturated heterocycles. The molecule has 0 spiro atoms. The molecule has 2 rings (SSSR count). The van der Waals surface area contributed by atoms with E-state index in [4.69, 9.17) is 5.73 Å². The Labute approximate surface area is 214 Å². The molecule has 0 aliphatic carbocycles. The number of hydrogen-bond acceptors (Lipinski definition) is 6. The lowest BCUT2D eigenvalue weighted by molar-refractivity contribution is -0.136. The van der Waals surface area contributed by atoms with Crippen molar-refractivity contribution in [3.63, 3.8) is 0 Å². The van der Waals surface area contributed by atoms with Gasteiger partial charge in [0.15, 0.2) is 0 Å². The van der Waals surface area contributed by atoms with Crippen molar-refractivity contribution >= 4 is 35.1 Å². The molecule has 1 heterocycles. The third kappa shape index (κ3) is 9.02. The summed E-state index contributed by atoms with van der Waals surface area (Å²) in [5.74, 6) is -3.39. The third-order valence-corrected chi connectivity index (χ3v) is 5.93. The largest absolute Gasteiger partial charge is 0.363 e. The van der Waals surface area contributed by atoms with Crippen molar-refractivity contribution < 1.29 is 24.0 Å². The number of anilines is 1. The van der Waals surface area contributed by atoms with E-state index in [0.717, 1.165) is 17.4 Å². The number of rotatable bonds is 14. The Hall–Kier alpha value is -4.28. The number of carbonyl (C=O) groups is 5. The average molecular weight is 512 g/mol. The van der Waals surface area contributed by atoms with Gasteiger partial charge >= 0.3 is 0 Å². The van der Waals surface area contributed by atoms with Gasteiger partial charge in [0.1, 0.15) is 18.3 Å². The van der Waals surface area contributed by atoms with Crippen LogP contribution in [0.3, 0.4) is 0 Å². The minimum atomic E-state index is -1.24. The van der Waals surface area contributed by atoms with Crippen molar-refractivity contribution in [2.75, 3.05) is 11.9 Å². The van der Waals surface area contributed by atoms with Crippen molar-refractivity contribution in [1.82, 2.24) is 15.2 Å². The minimum Gasteiger partial charge on any atom is -0.363 e. The van der Waals surface area contributed by atoms with E-state index in [0.29, 0.717) is 12.5 Å². The first-order chi connectivity index (χ1) is 17.7. The van der Waals surface area contributed by atoms with Gasteiger partial charge in [-0.25, -0.2) is 0 Å². The lowest BCUT2D eigenvalue weighted by Gasteiger charge is -2.18. The van der Waals surface area contributed by atoms with E-state index >= 15 is 0 Å². The number of carbonyl (C=O) groups excluding carboxylic acids is 5. The Morgan fingerprint density at radius 3 is 2.27 bits per heavy atom. The second-order valence-electron chi connectivity index (χ2n) is 8.55. The first-order valence-corrected chi connectivity index (χ1v) is 12.1. The number of ketones is 1. The highest BCUT2D eigenvalue weighted by Crippen LogP contribution is 2.08. The summed E-state index contributed by atoms with van der Waals surface area (Å²) in [6, 6.07) is 9.72. The van der Waals surface area contributed by atoms with Crippen LogP contribution in [0.25, 0.3) is 0 Å². The predicted molar refractivity (Wildman–Crippen MR) is 138 cm³/mol. The lowest BCUT2D eigenvalue weighted by atomic mass is 10.0. The maximum atomic E-state index is 13.0. The monoisotopic (exact) mass is 511 g/mol. The maximum absolute atomic E-state index is 13.0. The number of nitrogens with two attached hydrogens (primary N) is 1. The highest BCUT2D eigenvalue weighted by molar-refractivity contribution is 6.35. The summed E-state index contributed by atoms with van der Waals surface area (Å²) in [6.45, 7) is 4.35. The van der Waals surface area contributed by atoms with E-state index in [9.17, 15) is 28.8 Å². The van der Waals surface area contributed by atoms with Crippen LogP contribution >= 0.6 is 0 Å². The van der Waals surface area contributed by atoms with E-state index in [-0.39, 0.29) is 36.5 Å². The second kappa shape index (κ2) is 14.3. The molecule has 0 bridgehead atoms. The van der Waals surface area contributed by atoms with Gasteiger partial charge in [0.2, 0.25) is 17.6 Å². The molecule has 198 valence electrons. The average Bonchev–Trinajstić information content (AvgIpc) is 2.89. The van der Waals surface area contributed by atoms with Gasteiger partial charge in [0.25, 0.3) is 17.4 Å². The number of Topliss-reactive ketones (excluding diaryl/α,β-unsaturated/α-hetero) is 1. The molecule has 37 heavy (non-hydrogen) atoms. The minimum absolute atomic E-state index is 0.111. The van der Waals surface area contributed by atoms with Crippen molar-refractivity contribution in [1.29, 1.82) is 0 Å². The number of nitrogens with zero attached hydrogens (tertiary/aromatic N) is 1. The Morgan fingerprint density at radius 1 is 0.973 bits per heavy atom. The van der Waals surface area contributed by atoms with Gasteiger partial charge < -0.3 is 26.3 Å². The zero-order valence-corrected chi connectivity index (χ0v) is 21.0. The summed E-state index contributed by atoms with van der Waals surface area (Å²) >= 11 is 0. The van der Waals surface area contributed by atoms with Crippen LogP contribution in [-0.2, 0) is 25.7 Å². The van der Waals surface area contributed by atoms with E-state index in [2.05, 4.69) is 16.0 Å². The zero-order valence-electron chi connectivity index (χ0n) is 21.0. The number of pyridine rings is 1. The Kier molecular flexibility index (Phi) is 11.2. The fraction of sp³-hybridized carbons (Fsp3) is 0.385. The van der Waals surface area contributed by atoms with Crippen molar-refractivity contribution in [3.05, 3.63) is 64.6 Å². The van der Waals surface area contributed by atoms with E-state index in [1.54, 1.807) is 30.3 Å². The summed E-state index contributed by atoms with van der Waals surface area (Å²) in [7, 11) is 0. The van der Waals surface area contributed by atoms with Crippen LogP contribution in [0.5, 0.6) is 0 Å². The Morgan fingerprint density at radius 2 is 1.65 bits per heavy atom. The molecule has 0 saturated carbocycles. The number of aromatic nitrogens is 1. The zero-order chi connectivity index (χ0) is 27.4. The summed E-state index contributed by atoms with van der Waals surface area (Å²) < 4.78 is 1.16. The van der Waals surface area contributed by atoms with Crippen LogP contribution in [0.2, 0.25) is 0 Å². The van der Waals surface area contributed by atoms with Gasteiger partial charge in [-0.2, -0.15) is 0 Å². The smallest absolute Gasteiger partial charge is 0.284 e. The van der Waals surface area contributed by atoms with Crippen LogP contribution in [0.4, 0.5) is 5.69 Å². The van der Waals surface area contributed by atoms with E-state index in [1.807, 2.05) is 13.8 Å². The third-order valence-electron chi connectivity index (χ3n) is 5.93. The predicted octanol–water partition coefficient (Wildman–Crippen LogP) is 0.972. The van der Waals surface area contributed by atoms with Gasteiger partial charge in [0.05, 0.1) is 0 Å². The topological polar surface area (TPSA) is 169 Å². The molecule has 0 radical (unpaired) electrons. The van der Waals surface area contributed by atoms with E-state index < -0.39 is 35.1 Å². The first kappa shape index (κ1) is 29.0. The molecule has 11 heteroatoms. The SMILES string of the molecule is CCC(CC)CNC(=O)Cn1cccc(NC(=O)[C@H](CCC(=O)C(N)=O)NC(=O)c2ccccc2)c1=O. The van der Waals surface area contributed by atoms with Crippen LogP contribution in [0.15, 0.2) is 53.5 Å². The highest BCUT2D eigenvalue weighted by Gasteiger charge is 2.24. The molecule has 0 aliphatic rings. The summed E-state index contributed by atoms with van der Waals surface area (Å²) in [5.41, 5.74) is 4.55. The lowest BCUT2D eigenvalue weighted by Crippen LogP contribution is -2.45. The number of benzene rings is 1. The molecule has 0 unspecified atom stereocenters. The summed E-state index contributed by atoms with van der Waals surface area (Å²) in [4.78, 5) is 73.6. The first-order valence-electron chi connectivity index (χ1n) is 12.1. The van der Waals surface area contributed by atoms with Crippen molar-refractivity contribution in [2.24, 2.45) is 11.7 Å².